The highest BCUT2D eigenvalue weighted by molar-refractivity contribution is 5.86. The fraction of sp³-hybridized carbons (Fsp3) is 0.387. The maximum absolute atomic E-state index is 13.5. The van der Waals surface area contributed by atoms with Gasteiger partial charge < -0.3 is 24.3 Å². The first-order chi connectivity index (χ1) is 22.8. The van der Waals surface area contributed by atoms with E-state index in [9.17, 15) is 18.0 Å². The summed E-state index contributed by atoms with van der Waals surface area (Å²) in [5, 5.41) is 3.13. The highest BCUT2D eigenvalue weighted by atomic mass is 19.4. The van der Waals surface area contributed by atoms with Gasteiger partial charge in [0.25, 0.3) is 0 Å². The largest absolute Gasteiger partial charge is 0.469 e. The minimum atomic E-state index is -4.67. The molecule has 0 radical (unpaired) electrons. The van der Waals surface area contributed by atoms with Gasteiger partial charge in [-0.15, -0.1) is 0 Å². The number of anilines is 2. The molecule has 0 atom stereocenters. The summed E-state index contributed by atoms with van der Waals surface area (Å²) < 4.78 is 61.8. The van der Waals surface area contributed by atoms with Crippen LogP contribution in [0.3, 0.4) is 0 Å². The number of amides is 1. The van der Waals surface area contributed by atoms with Crippen LogP contribution in [0.1, 0.15) is 36.8 Å². The summed E-state index contributed by atoms with van der Waals surface area (Å²) in [6, 6.07) is 9.06. The molecule has 1 aliphatic heterocycles. The second-order valence-corrected chi connectivity index (χ2v) is 11.0. The summed E-state index contributed by atoms with van der Waals surface area (Å²) in [6.45, 7) is 0.457. The number of ether oxygens (including phenoxy) is 4. The van der Waals surface area contributed by atoms with Crippen LogP contribution >= 0.6 is 0 Å². The third-order valence-electron chi connectivity index (χ3n) is 7.74. The molecule has 16 heteroatoms. The van der Waals surface area contributed by atoms with Crippen molar-refractivity contribution in [2.75, 3.05) is 30.5 Å². The smallest absolute Gasteiger partial charge is 0.423 e. The van der Waals surface area contributed by atoms with E-state index in [2.05, 4.69) is 35.2 Å². The number of carbonyl (C=O) groups excluding carboxylic acids is 1. The Morgan fingerprint density at radius 2 is 1.60 bits per heavy atom. The Bertz CT molecular complexity index is 1640. The van der Waals surface area contributed by atoms with E-state index in [0.717, 1.165) is 11.8 Å². The van der Waals surface area contributed by atoms with Gasteiger partial charge in [0.2, 0.25) is 17.8 Å². The van der Waals surface area contributed by atoms with Gasteiger partial charge in [0, 0.05) is 54.2 Å². The fourth-order valence-electron chi connectivity index (χ4n) is 5.17. The van der Waals surface area contributed by atoms with Crippen molar-refractivity contribution in [2.24, 2.45) is 0 Å². The predicted molar refractivity (Wildman–Crippen MR) is 161 cm³/mol. The Kier molecular flexibility index (Phi) is 9.56. The number of carbonyl (C=O) groups is 1. The standard InChI is InChI=1S/C31H31F3N8O5/c1-44-29-38-13-21(14-39-29)20-11-36-28(37-12-20)42(30(43)46-16-19-5-3-2-4-6-19)23-9-7-22(8-10-23)40-27-35-15-25(31(32,33)34)26(41-27)47-24-17-45-18-24/h2-6,11-15,22-24H,7-10,16-18H2,1H3,(H,35,40,41). The van der Waals surface area contributed by atoms with Crippen LogP contribution in [0.4, 0.5) is 29.9 Å². The molecule has 2 aliphatic rings. The normalized spacial score (nSPS) is 18.1. The van der Waals surface area contributed by atoms with Crippen LogP contribution in [-0.2, 0) is 22.3 Å². The molecular formula is C31H31F3N8O5. The van der Waals surface area contributed by atoms with Crippen LogP contribution in [0.25, 0.3) is 11.1 Å². The molecule has 1 N–H and O–H groups in total. The molecule has 2 fully saturated rings. The van der Waals surface area contributed by atoms with Crippen molar-refractivity contribution in [2.45, 2.75) is 56.7 Å². The first kappa shape index (κ1) is 31.8. The maximum atomic E-state index is 13.5. The number of nitrogens with zero attached hydrogens (tertiary/aromatic N) is 7. The lowest BCUT2D eigenvalue weighted by atomic mass is 9.90. The lowest BCUT2D eigenvalue weighted by Crippen LogP contribution is -2.45. The molecule has 47 heavy (non-hydrogen) atoms. The molecule has 3 aromatic heterocycles. The van der Waals surface area contributed by atoms with Gasteiger partial charge in [-0.1, -0.05) is 30.3 Å². The van der Waals surface area contributed by atoms with Gasteiger partial charge in [0.1, 0.15) is 18.3 Å². The summed E-state index contributed by atoms with van der Waals surface area (Å²) in [6.07, 6.45) is 3.46. The van der Waals surface area contributed by atoms with Crippen molar-refractivity contribution in [3.63, 3.8) is 0 Å². The van der Waals surface area contributed by atoms with Gasteiger partial charge in [-0.05, 0) is 31.2 Å². The zero-order chi connectivity index (χ0) is 32.8. The number of halogens is 3. The number of aromatic nitrogens is 6. The minimum absolute atomic E-state index is 0.0252. The van der Waals surface area contributed by atoms with E-state index < -0.39 is 29.8 Å². The number of nitrogens with one attached hydrogen (secondary N) is 1. The van der Waals surface area contributed by atoms with E-state index in [0.29, 0.717) is 36.8 Å². The second-order valence-electron chi connectivity index (χ2n) is 11.0. The minimum Gasteiger partial charge on any atom is -0.469 e. The first-order valence-corrected chi connectivity index (χ1v) is 14.9. The van der Waals surface area contributed by atoms with Crippen molar-refractivity contribution in [3.8, 4) is 23.0 Å². The topological polar surface area (TPSA) is 147 Å². The molecule has 1 saturated carbocycles. The molecule has 1 saturated heterocycles. The first-order valence-electron chi connectivity index (χ1n) is 14.9. The second kappa shape index (κ2) is 14.1. The van der Waals surface area contributed by atoms with E-state index in [1.807, 2.05) is 30.3 Å². The van der Waals surface area contributed by atoms with E-state index in [-0.39, 0.29) is 49.8 Å². The highest BCUT2D eigenvalue weighted by Gasteiger charge is 2.38. The average Bonchev–Trinajstić information content (AvgIpc) is 3.07. The molecule has 13 nitrogen and oxygen atoms in total. The third-order valence-corrected chi connectivity index (χ3v) is 7.74. The molecule has 6 rings (SSSR count). The Labute approximate surface area is 267 Å². The SMILES string of the molecule is COc1ncc(-c2cnc(N(C(=O)OCc3ccccc3)C3CCC(Nc4ncc(C(F)(F)F)c(OC5COC5)n4)CC3)nc2)cn1. The third kappa shape index (κ3) is 7.82. The Morgan fingerprint density at radius 3 is 2.19 bits per heavy atom. The molecule has 4 heterocycles. The van der Waals surface area contributed by atoms with E-state index in [1.54, 1.807) is 24.8 Å². The molecule has 1 amide bonds. The van der Waals surface area contributed by atoms with Crippen molar-refractivity contribution in [1.29, 1.82) is 0 Å². The van der Waals surface area contributed by atoms with Crippen LogP contribution < -0.4 is 19.7 Å². The van der Waals surface area contributed by atoms with Gasteiger partial charge >= 0.3 is 18.3 Å². The summed E-state index contributed by atoms with van der Waals surface area (Å²) in [4.78, 5) is 40.1. The van der Waals surface area contributed by atoms with Crippen molar-refractivity contribution >= 4 is 18.0 Å². The predicted octanol–water partition coefficient (Wildman–Crippen LogP) is 5.10. The van der Waals surface area contributed by atoms with Crippen molar-refractivity contribution in [1.82, 2.24) is 29.9 Å². The zero-order valence-electron chi connectivity index (χ0n) is 25.3. The lowest BCUT2D eigenvalue weighted by Gasteiger charge is -2.35. The summed E-state index contributed by atoms with van der Waals surface area (Å²) in [5.41, 5.74) is 1.09. The van der Waals surface area contributed by atoms with E-state index in [1.165, 1.54) is 12.0 Å². The Morgan fingerprint density at radius 1 is 0.936 bits per heavy atom. The molecular weight excluding hydrogens is 621 g/mol. The molecule has 0 bridgehead atoms. The van der Waals surface area contributed by atoms with E-state index >= 15 is 0 Å². The molecule has 0 unspecified atom stereocenters. The van der Waals surface area contributed by atoms with Crippen molar-refractivity contribution < 1.29 is 36.9 Å². The highest BCUT2D eigenvalue weighted by Crippen LogP contribution is 2.36. The quantitative estimate of drug-likeness (QED) is 0.243. The molecule has 4 aromatic rings. The average molecular weight is 653 g/mol. The van der Waals surface area contributed by atoms with Crippen LogP contribution in [0, 0.1) is 0 Å². The summed E-state index contributed by atoms with van der Waals surface area (Å²) in [5.74, 6) is -0.339. The van der Waals surface area contributed by atoms with Gasteiger partial charge in [0.05, 0.1) is 20.3 Å². The molecule has 246 valence electrons. The van der Waals surface area contributed by atoms with Crippen LogP contribution in [0.2, 0.25) is 0 Å². The maximum Gasteiger partial charge on any atom is 0.423 e. The van der Waals surface area contributed by atoms with Crippen LogP contribution in [0.15, 0.2) is 61.3 Å². The number of rotatable bonds is 10. The summed E-state index contributed by atoms with van der Waals surface area (Å²) in [7, 11) is 1.47. The number of hydrogen-bond donors (Lipinski definition) is 1. The van der Waals surface area contributed by atoms with Crippen LogP contribution in [0.5, 0.6) is 11.9 Å². The monoisotopic (exact) mass is 652 g/mol. The summed E-state index contributed by atoms with van der Waals surface area (Å²) >= 11 is 0. The Balaban J connectivity index is 1.15. The lowest BCUT2D eigenvalue weighted by molar-refractivity contribution is -0.142. The van der Waals surface area contributed by atoms with Gasteiger partial charge in [-0.3, -0.25) is 0 Å². The van der Waals surface area contributed by atoms with E-state index in [4.69, 9.17) is 18.9 Å². The molecule has 1 aliphatic carbocycles. The fourth-order valence-corrected chi connectivity index (χ4v) is 5.17. The molecule has 1 aromatic carbocycles. The Hall–Kier alpha value is -5.12. The van der Waals surface area contributed by atoms with Gasteiger partial charge in [-0.25, -0.2) is 34.6 Å². The zero-order valence-corrected chi connectivity index (χ0v) is 25.3. The number of hydrogen-bond acceptors (Lipinski definition) is 12. The van der Waals surface area contributed by atoms with Crippen molar-refractivity contribution in [3.05, 3.63) is 72.4 Å². The van der Waals surface area contributed by atoms with Gasteiger partial charge in [-0.2, -0.15) is 18.2 Å². The number of alkyl halides is 3. The molecule has 0 spiro atoms. The van der Waals surface area contributed by atoms with Crippen LogP contribution in [-0.4, -0.2) is 74.5 Å². The number of methoxy groups -OCH3 is 1. The van der Waals surface area contributed by atoms with Gasteiger partial charge in [0.15, 0.2) is 0 Å². The number of benzene rings is 1.